The molecular weight excluding hydrogens is 324 g/mol. The third-order valence-corrected chi connectivity index (χ3v) is 4.41. The fourth-order valence-corrected chi connectivity index (χ4v) is 2.40. The molecule has 0 fully saturated rings. The van der Waals surface area contributed by atoms with Crippen molar-refractivity contribution in [3.8, 4) is 0 Å². The first-order valence-corrected chi connectivity index (χ1v) is 8.51. The Morgan fingerprint density at radius 3 is 2.39 bits per heavy atom. The molecule has 1 heterocycles. The van der Waals surface area contributed by atoms with Gasteiger partial charge in [-0.05, 0) is 37.4 Å². The first kappa shape index (κ1) is 19.2. The van der Waals surface area contributed by atoms with E-state index in [4.69, 9.17) is 4.42 Å². The lowest BCUT2D eigenvalue weighted by molar-refractivity contribution is -0.139. The summed E-state index contributed by atoms with van der Waals surface area (Å²) in [5, 5.41) is 11.1. The highest BCUT2D eigenvalue weighted by atomic mass is 32.2. The second-order valence-corrected chi connectivity index (χ2v) is 8.11. The molecule has 1 aromatic rings. The van der Waals surface area contributed by atoms with Gasteiger partial charge in [0.2, 0.25) is 5.09 Å². The van der Waals surface area contributed by atoms with Gasteiger partial charge in [-0.25, -0.2) is 17.9 Å². The van der Waals surface area contributed by atoms with Crippen LogP contribution in [-0.2, 0) is 14.8 Å². The van der Waals surface area contributed by atoms with Crippen LogP contribution in [0.3, 0.4) is 0 Å². The summed E-state index contributed by atoms with van der Waals surface area (Å²) in [5.41, 5.74) is -0.0723. The zero-order valence-corrected chi connectivity index (χ0v) is 14.4. The number of hydrogen-bond donors (Lipinski definition) is 3. The van der Waals surface area contributed by atoms with Gasteiger partial charge in [-0.15, -0.1) is 0 Å². The Hall–Kier alpha value is -1.87. The monoisotopic (exact) mass is 346 g/mol. The minimum absolute atomic E-state index is 0.0723. The molecule has 3 N–H and O–H groups in total. The Labute approximate surface area is 135 Å². The maximum Gasteiger partial charge on any atom is 0.326 e. The number of sulfonamides is 1. The van der Waals surface area contributed by atoms with Gasteiger partial charge in [0.05, 0.1) is 0 Å². The van der Waals surface area contributed by atoms with Crippen LogP contribution in [0.25, 0.3) is 0 Å². The quantitative estimate of drug-likeness (QED) is 0.681. The number of carboxylic acids is 1. The Balaban J connectivity index is 2.82. The lowest BCUT2D eigenvalue weighted by atomic mass is 9.88. The van der Waals surface area contributed by atoms with Crippen molar-refractivity contribution in [3.63, 3.8) is 0 Å². The van der Waals surface area contributed by atoms with E-state index in [0.29, 0.717) is 6.42 Å². The third kappa shape index (κ3) is 5.68. The topological polar surface area (TPSA) is 126 Å². The highest BCUT2D eigenvalue weighted by Gasteiger charge is 2.25. The molecular formula is C14H22N2O6S. The predicted molar refractivity (Wildman–Crippen MR) is 82.5 cm³/mol. The average Bonchev–Trinajstić information content (AvgIpc) is 2.92. The van der Waals surface area contributed by atoms with Crippen molar-refractivity contribution in [2.75, 3.05) is 7.05 Å². The van der Waals surface area contributed by atoms with Crippen molar-refractivity contribution in [3.05, 3.63) is 17.9 Å². The molecule has 0 saturated heterocycles. The van der Waals surface area contributed by atoms with Gasteiger partial charge in [-0.1, -0.05) is 20.8 Å². The highest BCUT2D eigenvalue weighted by Crippen LogP contribution is 2.22. The summed E-state index contributed by atoms with van der Waals surface area (Å²) in [6.45, 7) is 5.90. The van der Waals surface area contributed by atoms with Gasteiger partial charge in [-0.3, -0.25) is 4.79 Å². The second-order valence-electron chi connectivity index (χ2n) is 6.29. The summed E-state index contributed by atoms with van der Waals surface area (Å²) in [7, 11) is -2.59. The molecule has 1 rings (SSSR count). The van der Waals surface area contributed by atoms with E-state index in [0.717, 1.165) is 6.07 Å². The van der Waals surface area contributed by atoms with E-state index in [1.54, 1.807) is 0 Å². The van der Waals surface area contributed by atoms with Crippen LogP contribution in [0.2, 0.25) is 0 Å². The molecule has 0 radical (unpaired) electrons. The van der Waals surface area contributed by atoms with Gasteiger partial charge in [0.25, 0.3) is 15.9 Å². The Bertz CT molecular complexity index is 672. The van der Waals surface area contributed by atoms with Gasteiger partial charge < -0.3 is 14.8 Å². The van der Waals surface area contributed by atoms with Crippen molar-refractivity contribution in [2.45, 2.75) is 44.7 Å². The third-order valence-electron chi connectivity index (χ3n) is 3.13. The van der Waals surface area contributed by atoms with Gasteiger partial charge >= 0.3 is 5.97 Å². The zero-order valence-electron chi connectivity index (χ0n) is 13.5. The zero-order chi connectivity index (χ0) is 17.8. The van der Waals surface area contributed by atoms with Crippen molar-refractivity contribution < 1.29 is 27.5 Å². The second kappa shape index (κ2) is 7.14. The number of carbonyl (C=O) groups is 2. The fraction of sp³-hybridized carbons (Fsp3) is 0.571. The molecule has 9 heteroatoms. The molecule has 1 unspecified atom stereocenters. The molecule has 0 aliphatic carbocycles. The summed E-state index contributed by atoms with van der Waals surface area (Å²) in [4.78, 5) is 23.3. The van der Waals surface area contributed by atoms with Crippen LogP contribution in [0.1, 0.15) is 44.2 Å². The summed E-state index contributed by atoms with van der Waals surface area (Å²) < 4.78 is 30.1. The van der Waals surface area contributed by atoms with Crippen LogP contribution in [-0.4, -0.2) is 38.5 Å². The lowest BCUT2D eigenvalue weighted by Gasteiger charge is -2.21. The van der Waals surface area contributed by atoms with E-state index < -0.39 is 33.0 Å². The van der Waals surface area contributed by atoms with Crippen LogP contribution in [0.4, 0.5) is 0 Å². The smallest absolute Gasteiger partial charge is 0.326 e. The molecule has 8 nitrogen and oxygen atoms in total. The van der Waals surface area contributed by atoms with Crippen molar-refractivity contribution in [2.24, 2.45) is 5.41 Å². The number of carbonyl (C=O) groups excluding carboxylic acids is 1. The van der Waals surface area contributed by atoms with Gasteiger partial charge in [0.15, 0.2) is 5.76 Å². The minimum Gasteiger partial charge on any atom is -0.480 e. The van der Waals surface area contributed by atoms with Gasteiger partial charge in [0, 0.05) is 0 Å². The van der Waals surface area contributed by atoms with Crippen LogP contribution < -0.4 is 10.0 Å². The Morgan fingerprint density at radius 2 is 1.91 bits per heavy atom. The molecule has 0 spiro atoms. The van der Waals surface area contributed by atoms with E-state index in [-0.39, 0.29) is 17.6 Å². The average molecular weight is 346 g/mol. The van der Waals surface area contributed by atoms with Gasteiger partial charge in [0.1, 0.15) is 6.04 Å². The highest BCUT2D eigenvalue weighted by molar-refractivity contribution is 7.89. The standard InChI is InChI=1S/C14H22N2O6S/c1-14(2,3)8-7-9(13(18)19)16-12(17)10-5-6-11(22-10)23(20,21)15-4/h5-6,9,15H,7-8H2,1-4H3,(H,16,17)(H,18,19). The van der Waals surface area contributed by atoms with Gasteiger partial charge in [-0.2, -0.15) is 0 Å². The summed E-state index contributed by atoms with van der Waals surface area (Å²) in [5.74, 6) is -2.19. The molecule has 1 atom stereocenters. The molecule has 0 aromatic carbocycles. The lowest BCUT2D eigenvalue weighted by Crippen LogP contribution is -2.41. The van der Waals surface area contributed by atoms with Crippen molar-refractivity contribution in [1.82, 2.24) is 10.0 Å². The number of furan rings is 1. The largest absolute Gasteiger partial charge is 0.480 e. The Morgan fingerprint density at radius 1 is 1.30 bits per heavy atom. The van der Waals surface area contributed by atoms with Crippen molar-refractivity contribution in [1.29, 1.82) is 0 Å². The summed E-state index contributed by atoms with van der Waals surface area (Å²) >= 11 is 0. The van der Waals surface area contributed by atoms with Crippen LogP contribution in [0.5, 0.6) is 0 Å². The maximum atomic E-state index is 12.0. The van der Waals surface area contributed by atoms with E-state index in [9.17, 15) is 23.1 Å². The molecule has 0 aliphatic heterocycles. The number of carboxylic acid groups (broad SMARTS) is 1. The van der Waals surface area contributed by atoms with Crippen LogP contribution in [0.15, 0.2) is 21.6 Å². The number of hydrogen-bond acceptors (Lipinski definition) is 5. The van der Waals surface area contributed by atoms with Crippen LogP contribution in [0, 0.1) is 5.41 Å². The molecule has 0 aliphatic rings. The molecule has 130 valence electrons. The van der Waals surface area contributed by atoms with E-state index >= 15 is 0 Å². The molecule has 23 heavy (non-hydrogen) atoms. The summed E-state index contributed by atoms with van der Waals surface area (Å²) in [6, 6.07) is 1.24. The summed E-state index contributed by atoms with van der Waals surface area (Å²) in [6.07, 6.45) is 0.856. The number of aliphatic carboxylic acids is 1. The molecule has 1 aromatic heterocycles. The number of nitrogens with one attached hydrogen (secondary N) is 2. The first-order valence-electron chi connectivity index (χ1n) is 7.03. The normalized spacial score (nSPS) is 13.6. The number of rotatable bonds is 7. The molecule has 0 saturated carbocycles. The SMILES string of the molecule is CNS(=O)(=O)c1ccc(C(=O)NC(CCC(C)(C)C)C(=O)O)o1. The number of amides is 1. The minimum atomic E-state index is -3.80. The van der Waals surface area contributed by atoms with E-state index in [1.165, 1.54) is 13.1 Å². The first-order chi connectivity index (χ1) is 10.5. The van der Waals surface area contributed by atoms with Crippen molar-refractivity contribution >= 4 is 21.9 Å². The molecule has 0 bridgehead atoms. The van der Waals surface area contributed by atoms with E-state index in [1.807, 2.05) is 20.8 Å². The maximum absolute atomic E-state index is 12.0. The Kier molecular flexibility index (Phi) is 5.95. The van der Waals surface area contributed by atoms with E-state index in [2.05, 4.69) is 10.0 Å². The van der Waals surface area contributed by atoms with Crippen LogP contribution >= 0.6 is 0 Å². The fourth-order valence-electron chi connectivity index (χ4n) is 1.75. The predicted octanol–water partition coefficient (Wildman–Crippen LogP) is 1.20. The molecule has 1 amide bonds.